The number of hydrogen-bond donors (Lipinski definition) is 0. The SMILES string of the molecule is [CH2]c1ccc(C#CF)cn1. The van der Waals surface area contributed by atoms with Gasteiger partial charge in [0.15, 0.2) is 0 Å². The van der Waals surface area contributed by atoms with Gasteiger partial charge in [-0.3, -0.25) is 4.98 Å². The van der Waals surface area contributed by atoms with Crippen LogP contribution in [0.1, 0.15) is 11.3 Å². The minimum absolute atomic E-state index is 0.565. The molecule has 1 aromatic rings. The molecule has 0 spiro atoms. The lowest BCUT2D eigenvalue weighted by molar-refractivity contribution is 0.773. The largest absolute Gasteiger partial charge is 0.260 e. The standard InChI is InChI=1S/C8H5FN/c1-7-2-3-8(4-5-9)6-10-7/h2-3,6H,1H2. The fourth-order valence-electron chi connectivity index (χ4n) is 0.553. The summed E-state index contributed by atoms with van der Waals surface area (Å²) in [5.41, 5.74) is 1.22. The molecule has 2 heteroatoms. The van der Waals surface area contributed by atoms with Crippen LogP contribution in [0, 0.1) is 19.0 Å². The van der Waals surface area contributed by atoms with Gasteiger partial charge in [0.25, 0.3) is 0 Å². The van der Waals surface area contributed by atoms with Crippen LogP contribution in [0.3, 0.4) is 0 Å². The molecule has 0 unspecified atom stereocenters. The van der Waals surface area contributed by atoms with E-state index in [2.05, 4.69) is 17.8 Å². The van der Waals surface area contributed by atoms with Crippen LogP contribution in [0.15, 0.2) is 18.3 Å². The highest BCUT2D eigenvalue weighted by atomic mass is 19.1. The van der Waals surface area contributed by atoms with E-state index in [0.717, 1.165) is 0 Å². The highest BCUT2D eigenvalue weighted by Crippen LogP contribution is 1.95. The van der Waals surface area contributed by atoms with Crippen LogP contribution < -0.4 is 0 Å². The summed E-state index contributed by atoms with van der Waals surface area (Å²) < 4.78 is 11.4. The van der Waals surface area contributed by atoms with E-state index in [1.807, 2.05) is 0 Å². The van der Waals surface area contributed by atoms with Gasteiger partial charge in [-0.2, -0.15) is 0 Å². The Morgan fingerprint density at radius 2 is 2.30 bits per heavy atom. The van der Waals surface area contributed by atoms with Crippen LogP contribution in [0.25, 0.3) is 0 Å². The summed E-state index contributed by atoms with van der Waals surface area (Å²) >= 11 is 0. The van der Waals surface area contributed by atoms with Gasteiger partial charge in [-0.1, -0.05) is 0 Å². The molecule has 1 rings (SSSR count). The highest BCUT2D eigenvalue weighted by Gasteiger charge is 1.85. The number of rotatable bonds is 0. The van der Waals surface area contributed by atoms with Gasteiger partial charge in [-0.15, -0.1) is 4.39 Å². The molecule has 10 heavy (non-hydrogen) atoms. The molecule has 0 N–H and O–H groups in total. The summed E-state index contributed by atoms with van der Waals surface area (Å²) in [6.45, 7) is 3.57. The van der Waals surface area contributed by atoms with Crippen LogP contribution in [0.5, 0.6) is 0 Å². The molecule has 1 radical (unpaired) electrons. The second kappa shape index (κ2) is 2.98. The quantitative estimate of drug-likeness (QED) is 0.490. The predicted octanol–water partition coefficient (Wildman–Crippen LogP) is 1.54. The summed E-state index contributed by atoms with van der Waals surface area (Å²) in [4.78, 5) is 3.82. The molecule has 0 aliphatic rings. The first kappa shape index (κ1) is 6.76. The molecule has 0 saturated heterocycles. The number of hydrogen-bond acceptors (Lipinski definition) is 1. The van der Waals surface area contributed by atoms with Crippen molar-refractivity contribution in [3.63, 3.8) is 0 Å². The number of aromatic nitrogens is 1. The molecule has 0 fully saturated rings. The number of halogens is 1. The van der Waals surface area contributed by atoms with Gasteiger partial charge in [-0.05, 0) is 25.0 Å². The topological polar surface area (TPSA) is 12.9 Å². The number of pyridine rings is 1. The summed E-state index contributed by atoms with van der Waals surface area (Å²) in [5.74, 6) is 2.23. The van der Waals surface area contributed by atoms with Crippen LogP contribution in [0.4, 0.5) is 4.39 Å². The maximum atomic E-state index is 11.4. The average molecular weight is 134 g/mol. The Bertz CT molecular complexity index is 266. The smallest absolute Gasteiger partial charge is 0.111 e. The molecule has 49 valence electrons. The Labute approximate surface area is 58.9 Å². The first-order chi connectivity index (χ1) is 4.83. The van der Waals surface area contributed by atoms with Crippen LogP contribution in [0.2, 0.25) is 0 Å². The molecule has 1 aromatic heterocycles. The number of nitrogens with zero attached hydrogens (tertiary/aromatic N) is 1. The van der Waals surface area contributed by atoms with Gasteiger partial charge in [0.2, 0.25) is 0 Å². The Morgan fingerprint density at radius 1 is 1.50 bits per heavy atom. The van der Waals surface area contributed by atoms with E-state index in [1.165, 1.54) is 12.4 Å². The summed E-state index contributed by atoms with van der Waals surface area (Å²) in [6, 6.07) is 3.35. The van der Waals surface area contributed by atoms with Gasteiger partial charge in [0.05, 0.1) is 0 Å². The highest BCUT2D eigenvalue weighted by molar-refractivity contribution is 5.31. The molecular weight excluding hydrogens is 129 g/mol. The minimum Gasteiger partial charge on any atom is -0.260 e. The first-order valence-corrected chi connectivity index (χ1v) is 2.72. The zero-order valence-corrected chi connectivity index (χ0v) is 5.26. The van der Waals surface area contributed by atoms with Crippen molar-refractivity contribution in [3.05, 3.63) is 36.5 Å². The van der Waals surface area contributed by atoms with E-state index in [1.54, 1.807) is 12.1 Å². The van der Waals surface area contributed by atoms with Crippen LogP contribution in [-0.2, 0) is 0 Å². The summed E-state index contributed by atoms with van der Waals surface area (Å²) in [5, 5.41) is 0. The van der Waals surface area contributed by atoms with Crippen molar-refractivity contribution in [2.45, 2.75) is 0 Å². The third-order valence-electron chi connectivity index (χ3n) is 1.02. The fourth-order valence-corrected chi connectivity index (χ4v) is 0.553. The minimum atomic E-state index is 0.565. The van der Waals surface area contributed by atoms with E-state index in [9.17, 15) is 4.39 Å². The van der Waals surface area contributed by atoms with Crippen molar-refractivity contribution in [2.75, 3.05) is 0 Å². The molecule has 0 aliphatic heterocycles. The van der Waals surface area contributed by atoms with Gasteiger partial charge in [0.1, 0.15) is 6.17 Å². The molecular formula is C8H5FN. The normalized spacial score (nSPS) is 8.20. The van der Waals surface area contributed by atoms with E-state index in [4.69, 9.17) is 0 Å². The third kappa shape index (κ3) is 1.56. The fraction of sp³-hybridized carbons (Fsp3) is 0. The van der Waals surface area contributed by atoms with Crippen molar-refractivity contribution < 1.29 is 4.39 Å². The maximum Gasteiger partial charge on any atom is 0.111 e. The molecule has 0 aromatic carbocycles. The Hall–Kier alpha value is -1.36. The van der Waals surface area contributed by atoms with E-state index >= 15 is 0 Å². The van der Waals surface area contributed by atoms with Crippen molar-refractivity contribution in [2.24, 2.45) is 0 Å². The van der Waals surface area contributed by atoms with Crippen molar-refractivity contribution in [1.29, 1.82) is 0 Å². The molecule has 0 aliphatic carbocycles. The first-order valence-electron chi connectivity index (χ1n) is 2.72. The van der Waals surface area contributed by atoms with E-state index < -0.39 is 0 Å². The molecule has 1 heterocycles. The Balaban J connectivity index is 2.97. The lowest BCUT2D eigenvalue weighted by Crippen LogP contribution is -1.80. The summed E-state index contributed by atoms with van der Waals surface area (Å²) in [6.07, 6.45) is 2.77. The lowest BCUT2D eigenvalue weighted by Gasteiger charge is -1.88. The van der Waals surface area contributed by atoms with Gasteiger partial charge < -0.3 is 0 Å². The second-order valence-corrected chi connectivity index (χ2v) is 1.76. The Kier molecular flexibility index (Phi) is 2.01. The average Bonchev–Trinajstić information content (AvgIpc) is 1.95. The third-order valence-corrected chi connectivity index (χ3v) is 1.02. The maximum absolute atomic E-state index is 11.4. The van der Waals surface area contributed by atoms with Gasteiger partial charge in [0, 0.05) is 17.5 Å². The van der Waals surface area contributed by atoms with Crippen molar-refractivity contribution in [3.8, 4) is 12.1 Å². The molecule has 0 atom stereocenters. The molecule has 1 nitrogen and oxygen atoms in total. The van der Waals surface area contributed by atoms with Gasteiger partial charge in [-0.25, -0.2) is 0 Å². The molecule has 0 bridgehead atoms. The molecule has 0 amide bonds. The zero-order valence-electron chi connectivity index (χ0n) is 5.26. The van der Waals surface area contributed by atoms with Gasteiger partial charge >= 0.3 is 0 Å². The van der Waals surface area contributed by atoms with E-state index in [0.29, 0.717) is 11.3 Å². The second-order valence-electron chi connectivity index (χ2n) is 1.76. The zero-order chi connectivity index (χ0) is 7.40. The molecule has 0 saturated carbocycles. The lowest BCUT2D eigenvalue weighted by atomic mass is 10.3. The monoisotopic (exact) mass is 134 g/mol. The van der Waals surface area contributed by atoms with Crippen LogP contribution >= 0.6 is 0 Å². The van der Waals surface area contributed by atoms with Crippen LogP contribution in [-0.4, -0.2) is 4.98 Å². The van der Waals surface area contributed by atoms with Crippen molar-refractivity contribution in [1.82, 2.24) is 4.98 Å². The van der Waals surface area contributed by atoms with E-state index in [-0.39, 0.29) is 0 Å². The predicted molar refractivity (Wildman–Crippen MR) is 36.7 cm³/mol. The summed E-state index contributed by atoms with van der Waals surface area (Å²) in [7, 11) is 0. The van der Waals surface area contributed by atoms with Crippen molar-refractivity contribution >= 4 is 0 Å². The Morgan fingerprint density at radius 3 is 2.80 bits per heavy atom.